The number of sulfonamides is 1. The first kappa shape index (κ1) is 17.6. The highest BCUT2D eigenvalue weighted by Gasteiger charge is 2.18. The quantitative estimate of drug-likeness (QED) is 0.487. The fourth-order valence-electron chi connectivity index (χ4n) is 1.94. The Morgan fingerprint density at radius 3 is 2.38 bits per heavy atom. The van der Waals surface area contributed by atoms with Crippen LogP contribution < -0.4 is 10.6 Å². The average molecular weight is 348 g/mol. The van der Waals surface area contributed by atoms with Crippen molar-refractivity contribution in [3.05, 3.63) is 63.7 Å². The van der Waals surface area contributed by atoms with Crippen LogP contribution in [0.2, 0.25) is 0 Å². The van der Waals surface area contributed by atoms with Crippen LogP contribution in [0.5, 0.6) is 0 Å². The Bertz CT molecular complexity index is 906. The second kappa shape index (κ2) is 6.77. The molecule has 0 fully saturated rings. The third-order valence-electron chi connectivity index (χ3n) is 3.31. The Labute approximate surface area is 139 Å². The van der Waals surface area contributed by atoms with E-state index >= 15 is 0 Å². The summed E-state index contributed by atoms with van der Waals surface area (Å²) in [5, 5.41) is 20.2. The van der Waals surface area contributed by atoms with Crippen molar-refractivity contribution in [1.29, 1.82) is 0 Å². The van der Waals surface area contributed by atoms with Crippen LogP contribution in [0.25, 0.3) is 0 Å². The van der Waals surface area contributed by atoms with Gasteiger partial charge in [-0.05, 0) is 31.5 Å². The molecule has 9 heteroatoms. The molecule has 0 aliphatic rings. The molecule has 0 amide bonds. The Balaban J connectivity index is 2.33. The SMILES string of the molecule is CC(=NNc1ccc(S(N)(=O)=O)cc1[N+](=O)[O-])c1ccc(C)cc1. The van der Waals surface area contributed by atoms with Gasteiger partial charge in [0, 0.05) is 6.07 Å². The summed E-state index contributed by atoms with van der Waals surface area (Å²) in [7, 11) is -4.02. The molecule has 0 aliphatic heterocycles. The molecule has 0 unspecified atom stereocenters. The summed E-state index contributed by atoms with van der Waals surface area (Å²) in [4.78, 5) is 10.1. The molecular weight excluding hydrogens is 332 g/mol. The zero-order valence-corrected chi connectivity index (χ0v) is 13.9. The van der Waals surface area contributed by atoms with E-state index in [9.17, 15) is 18.5 Å². The second-order valence-corrected chi connectivity index (χ2v) is 6.72. The first-order chi connectivity index (χ1) is 11.2. The third kappa shape index (κ3) is 4.15. The highest BCUT2D eigenvalue weighted by molar-refractivity contribution is 7.89. The maximum Gasteiger partial charge on any atom is 0.295 e. The van der Waals surface area contributed by atoms with E-state index in [-0.39, 0.29) is 10.6 Å². The zero-order valence-electron chi connectivity index (χ0n) is 13.1. The van der Waals surface area contributed by atoms with Crippen molar-refractivity contribution in [3.63, 3.8) is 0 Å². The molecule has 8 nitrogen and oxygen atoms in total. The highest BCUT2D eigenvalue weighted by Crippen LogP contribution is 2.27. The molecule has 0 heterocycles. The molecule has 24 heavy (non-hydrogen) atoms. The summed E-state index contributed by atoms with van der Waals surface area (Å²) < 4.78 is 22.6. The molecule has 0 saturated carbocycles. The third-order valence-corrected chi connectivity index (χ3v) is 4.22. The molecule has 0 aromatic heterocycles. The number of nitrogens with two attached hydrogens (primary N) is 1. The van der Waals surface area contributed by atoms with Gasteiger partial charge in [0.15, 0.2) is 0 Å². The minimum Gasteiger partial charge on any atom is -0.271 e. The van der Waals surface area contributed by atoms with E-state index in [1.807, 2.05) is 31.2 Å². The highest BCUT2D eigenvalue weighted by atomic mass is 32.2. The first-order valence-electron chi connectivity index (χ1n) is 6.87. The Morgan fingerprint density at radius 2 is 1.83 bits per heavy atom. The molecule has 0 bridgehead atoms. The van der Waals surface area contributed by atoms with Crippen LogP contribution in [0, 0.1) is 17.0 Å². The van der Waals surface area contributed by atoms with E-state index < -0.39 is 20.6 Å². The van der Waals surface area contributed by atoms with Crippen molar-refractivity contribution in [2.75, 3.05) is 5.43 Å². The number of hydrogen-bond donors (Lipinski definition) is 2. The minimum absolute atomic E-state index is 0.0684. The van der Waals surface area contributed by atoms with E-state index in [1.165, 1.54) is 12.1 Å². The van der Waals surface area contributed by atoms with Crippen LogP contribution in [0.1, 0.15) is 18.1 Å². The minimum atomic E-state index is -4.02. The number of anilines is 1. The van der Waals surface area contributed by atoms with Gasteiger partial charge in [-0.3, -0.25) is 15.5 Å². The van der Waals surface area contributed by atoms with Crippen molar-refractivity contribution in [2.24, 2.45) is 10.2 Å². The molecular formula is C15H16N4O4S. The van der Waals surface area contributed by atoms with Gasteiger partial charge in [0.1, 0.15) is 5.69 Å². The summed E-state index contributed by atoms with van der Waals surface area (Å²) in [5.74, 6) is 0. The van der Waals surface area contributed by atoms with Crippen LogP contribution in [-0.2, 0) is 10.0 Å². The van der Waals surface area contributed by atoms with Gasteiger partial charge < -0.3 is 0 Å². The molecule has 0 atom stereocenters. The zero-order chi connectivity index (χ0) is 17.9. The standard InChI is InChI=1S/C15H16N4O4S/c1-10-3-5-12(6-4-10)11(2)17-18-14-8-7-13(24(16,22)23)9-15(14)19(20)21/h3-9,18H,1-2H3,(H2,16,22,23). The summed E-state index contributed by atoms with van der Waals surface area (Å²) in [6, 6.07) is 11.0. The Hall–Kier alpha value is -2.78. The Kier molecular flexibility index (Phi) is 4.96. The molecule has 0 saturated heterocycles. The van der Waals surface area contributed by atoms with Gasteiger partial charge in [-0.2, -0.15) is 5.10 Å². The molecule has 126 valence electrons. The number of rotatable bonds is 5. The molecule has 0 aliphatic carbocycles. The maximum atomic E-state index is 11.3. The molecule has 2 aromatic carbocycles. The van der Waals surface area contributed by atoms with Gasteiger partial charge in [-0.1, -0.05) is 29.8 Å². The number of nitrogens with one attached hydrogen (secondary N) is 1. The first-order valence-corrected chi connectivity index (χ1v) is 8.41. The molecule has 2 rings (SSSR count). The summed E-state index contributed by atoms with van der Waals surface area (Å²) in [6.07, 6.45) is 0. The van der Waals surface area contributed by atoms with Gasteiger partial charge in [-0.15, -0.1) is 0 Å². The van der Waals surface area contributed by atoms with Crippen LogP contribution in [0.3, 0.4) is 0 Å². The van der Waals surface area contributed by atoms with Gasteiger partial charge >= 0.3 is 0 Å². The van der Waals surface area contributed by atoms with Crippen molar-refractivity contribution in [1.82, 2.24) is 0 Å². The molecule has 0 spiro atoms. The van der Waals surface area contributed by atoms with Gasteiger partial charge in [0.25, 0.3) is 5.69 Å². The average Bonchev–Trinajstić information content (AvgIpc) is 2.52. The van der Waals surface area contributed by atoms with Crippen molar-refractivity contribution >= 4 is 27.1 Å². The van der Waals surface area contributed by atoms with Crippen LogP contribution in [-0.4, -0.2) is 19.1 Å². The lowest BCUT2D eigenvalue weighted by atomic mass is 10.1. The van der Waals surface area contributed by atoms with Crippen LogP contribution in [0.4, 0.5) is 11.4 Å². The van der Waals surface area contributed by atoms with Crippen LogP contribution in [0.15, 0.2) is 52.5 Å². The number of primary sulfonamides is 1. The summed E-state index contributed by atoms with van der Waals surface area (Å²) in [6.45, 7) is 3.72. The predicted molar refractivity (Wildman–Crippen MR) is 91.5 cm³/mol. The lowest BCUT2D eigenvalue weighted by Gasteiger charge is -2.06. The van der Waals surface area contributed by atoms with E-state index in [0.29, 0.717) is 5.71 Å². The number of hydrazone groups is 1. The van der Waals surface area contributed by atoms with Crippen molar-refractivity contribution < 1.29 is 13.3 Å². The topological polar surface area (TPSA) is 128 Å². The van der Waals surface area contributed by atoms with Gasteiger partial charge in [0.2, 0.25) is 10.0 Å². The van der Waals surface area contributed by atoms with Crippen molar-refractivity contribution in [3.8, 4) is 0 Å². The number of nitro groups is 1. The normalized spacial score (nSPS) is 12.0. The largest absolute Gasteiger partial charge is 0.295 e. The predicted octanol–water partition coefficient (Wildman–Crippen LogP) is 2.39. The fourth-order valence-corrected chi connectivity index (χ4v) is 2.47. The number of benzene rings is 2. The number of nitrogens with zero attached hydrogens (tertiary/aromatic N) is 2. The second-order valence-electron chi connectivity index (χ2n) is 5.16. The lowest BCUT2D eigenvalue weighted by Crippen LogP contribution is -2.12. The monoisotopic (exact) mass is 348 g/mol. The molecule has 3 N–H and O–H groups in total. The summed E-state index contributed by atoms with van der Waals surface area (Å²) >= 11 is 0. The smallest absolute Gasteiger partial charge is 0.271 e. The fraction of sp³-hybridized carbons (Fsp3) is 0.133. The number of nitro benzene ring substituents is 1. The Morgan fingerprint density at radius 1 is 1.21 bits per heavy atom. The van der Waals surface area contributed by atoms with E-state index in [2.05, 4.69) is 10.5 Å². The van der Waals surface area contributed by atoms with E-state index in [0.717, 1.165) is 17.2 Å². The van der Waals surface area contributed by atoms with E-state index in [4.69, 9.17) is 5.14 Å². The summed E-state index contributed by atoms with van der Waals surface area (Å²) in [5.41, 5.74) is 4.82. The lowest BCUT2D eigenvalue weighted by molar-refractivity contribution is -0.384. The molecule has 2 aromatic rings. The maximum absolute atomic E-state index is 11.3. The van der Waals surface area contributed by atoms with Gasteiger partial charge in [0.05, 0.1) is 15.5 Å². The number of hydrogen-bond acceptors (Lipinski definition) is 6. The molecule has 0 radical (unpaired) electrons. The number of aryl methyl sites for hydroxylation is 1. The van der Waals surface area contributed by atoms with E-state index in [1.54, 1.807) is 6.92 Å². The van der Waals surface area contributed by atoms with Crippen molar-refractivity contribution in [2.45, 2.75) is 18.7 Å². The van der Waals surface area contributed by atoms with Crippen LogP contribution >= 0.6 is 0 Å². The van der Waals surface area contributed by atoms with Gasteiger partial charge in [-0.25, -0.2) is 13.6 Å².